The highest BCUT2D eigenvalue weighted by Gasteiger charge is 2.69. The quantitative estimate of drug-likeness (QED) is 0.520. The fourth-order valence-corrected chi connectivity index (χ4v) is 3.16. The van der Waals surface area contributed by atoms with E-state index in [1.807, 2.05) is 6.92 Å². The summed E-state index contributed by atoms with van der Waals surface area (Å²) in [6.45, 7) is 8.92. The van der Waals surface area contributed by atoms with Gasteiger partial charge in [-0.1, -0.05) is 20.8 Å². The maximum absolute atomic E-state index is 11.6. The molecule has 0 aromatic carbocycles. The van der Waals surface area contributed by atoms with Crippen LogP contribution in [-0.4, -0.2) is 24.3 Å². The van der Waals surface area contributed by atoms with E-state index >= 15 is 0 Å². The Balaban J connectivity index is 2.04. The lowest BCUT2D eigenvalue weighted by molar-refractivity contribution is -0.144. The van der Waals surface area contributed by atoms with Crippen molar-refractivity contribution in [2.24, 2.45) is 11.3 Å². The van der Waals surface area contributed by atoms with Gasteiger partial charge in [-0.25, -0.2) is 4.79 Å². The molecule has 3 unspecified atom stereocenters. The molecule has 1 spiro atoms. The van der Waals surface area contributed by atoms with Crippen LogP contribution in [0.5, 0.6) is 0 Å². The topological polar surface area (TPSA) is 38.8 Å². The number of carbonyl (C=O) groups is 1. The summed E-state index contributed by atoms with van der Waals surface area (Å²) in [7, 11) is 0. The third-order valence-corrected chi connectivity index (χ3v) is 3.67. The van der Waals surface area contributed by atoms with Crippen LogP contribution >= 0.6 is 0 Å². The van der Waals surface area contributed by atoms with Gasteiger partial charge in [0.1, 0.15) is 5.60 Å². The fraction of sp³-hybridized carbons (Fsp3) is 0.917. The van der Waals surface area contributed by atoms with Crippen LogP contribution in [0.25, 0.3) is 0 Å². The smallest absolute Gasteiger partial charge is 0.338 e. The molecule has 0 N–H and O–H groups in total. The number of carbonyl (C=O) groups excluding carboxylic acids is 1. The highest BCUT2D eigenvalue weighted by molar-refractivity contribution is 5.79. The zero-order valence-electron chi connectivity index (χ0n) is 10.0. The van der Waals surface area contributed by atoms with Gasteiger partial charge >= 0.3 is 5.97 Å². The van der Waals surface area contributed by atoms with Crippen LogP contribution in [0.4, 0.5) is 0 Å². The Labute approximate surface area is 91.1 Å². The summed E-state index contributed by atoms with van der Waals surface area (Å²) in [6.07, 6.45) is 1.81. The zero-order valence-corrected chi connectivity index (χ0v) is 10.0. The molecule has 2 fully saturated rings. The van der Waals surface area contributed by atoms with Crippen LogP contribution in [-0.2, 0) is 14.3 Å². The van der Waals surface area contributed by atoms with Crippen LogP contribution in [0.15, 0.2) is 0 Å². The molecule has 1 saturated heterocycles. The van der Waals surface area contributed by atoms with Gasteiger partial charge in [-0.15, -0.1) is 0 Å². The van der Waals surface area contributed by atoms with Gasteiger partial charge < -0.3 is 9.47 Å². The van der Waals surface area contributed by atoms with Crippen LogP contribution in [0.1, 0.15) is 40.5 Å². The first kappa shape index (κ1) is 10.9. The molecule has 3 heteroatoms. The van der Waals surface area contributed by atoms with Crippen molar-refractivity contribution in [3.8, 4) is 0 Å². The van der Waals surface area contributed by atoms with Crippen molar-refractivity contribution in [2.75, 3.05) is 6.61 Å². The number of epoxide rings is 1. The van der Waals surface area contributed by atoms with E-state index in [9.17, 15) is 4.79 Å². The molecule has 0 amide bonds. The van der Waals surface area contributed by atoms with Crippen LogP contribution in [0, 0.1) is 11.3 Å². The molecular weight excluding hydrogens is 192 g/mol. The fourth-order valence-electron chi connectivity index (χ4n) is 3.16. The van der Waals surface area contributed by atoms with Gasteiger partial charge in [0.05, 0.1) is 6.61 Å². The summed E-state index contributed by atoms with van der Waals surface area (Å²) in [4.78, 5) is 11.6. The second kappa shape index (κ2) is 3.21. The number of rotatable bonds is 2. The van der Waals surface area contributed by atoms with Gasteiger partial charge in [-0.3, -0.25) is 0 Å². The standard InChI is InChI=1S/C12H20O3/c1-5-14-10(13)9-12(15-9)7-11(3,4)6-8(12)2/h8-9H,5-7H2,1-4H3. The molecule has 1 aliphatic carbocycles. The normalized spacial score (nSPS) is 41.9. The molecule has 86 valence electrons. The third kappa shape index (κ3) is 1.67. The minimum absolute atomic E-state index is 0.179. The Morgan fingerprint density at radius 2 is 2.20 bits per heavy atom. The van der Waals surface area contributed by atoms with Crippen molar-refractivity contribution in [1.29, 1.82) is 0 Å². The van der Waals surface area contributed by atoms with Crippen molar-refractivity contribution < 1.29 is 14.3 Å². The van der Waals surface area contributed by atoms with Gasteiger partial charge in [0.15, 0.2) is 6.10 Å². The van der Waals surface area contributed by atoms with E-state index in [0.29, 0.717) is 17.9 Å². The molecule has 3 atom stereocenters. The van der Waals surface area contributed by atoms with Crippen LogP contribution < -0.4 is 0 Å². The van der Waals surface area contributed by atoms with Gasteiger partial charge in [-0.2, -0.15) is 0 Å². The van der Waals surface area contributed by atoms with Crippen molar-refractivity contribution >= 4 is 5.97 Å². The molecule has 0 aromatic heterocycles. The van der Waals surface area contributed by atoms with E-state index in [1.165, 1.54) is 0 Å². The number of hydrogen-bond acceptors (Lipinski definition) is 3. The van der Waals surface area contributed by atoms with E-state index in [4.69, 9.17) is 9.47 Å². The lowest BCUT2D eigenvalue weighted by Crippen LogP contribution is -2.25. The zero-order chi connectivity index (χ0) is 11.3. The van der Waals surface area contributed by atoms with E-state index in [0.717, 1.165) is 12.8 Å². The molecule has 0 aromatic rings. The highest BCUT2D eigenvalue weighted by atomic mass is 16.7. The molecule has 2 rings (SSSR count). The maximum Gasteiger partial charge on any atom is 0.338 e. The van der Waals surface area contributed by atoms with Gasteiger partial charge in [0.2, 0.25) is 0 Å². The summed E-state index contributed by atoms with van der Waals surface area (Å²) in [6, 6.07) is 0. The molecular formula is C12H20O3. The van der Waals surface area contributed by atoms with Crippen LogP contribution in [0.3, 0.4) is 0 Å². The minimum Gasteiger partial charge on any atom is -0.464 e. The minimum atomic E-state index is -0.297. The second-order valence-corrected chi connectivity index (χ2v) is 5.65. The molecule has 1 aliphatic heterocycles. The van der Waals surface area contributed by atoms with E-state index in [2.05, 4.69) is 20.8 Å². The summed E-state index contributed by atoms with van der Waals surface area (Å²) >= 11 is 0. The number of hydrogen-bond donors (Lipinski definition) is 0. The van der Waals surface area contributed by atoms with Crippen molar-refractivity contribution in [3.05, 3.63) is 0 Å². The first-order chi connectivity index (χ1) is 6.91. The van der Waals surface area contributed by atoms with Crippen LogP contribution in [0.2, 0.25) is 0 Å². The van der Waals surface area contributed by atoms with Gasteiger partial charge in [-0.05, 0) is 31.1 Å². The Hall–Kier alpha value is -0.570. The Morgan fingerprint density at radius 3 is 2.67 bits per heavy atom. The molecule has 1 heterocycles. The second-order valence-electron chi connectivity index (χ2n) is 5.65. The Bertz CT molecular complexity index is 285. The lowest BCUT2D eigenvalue weighted by Gasteiger charge is -2.15. The molecule has 1 saturated carbocycles. The largest absolute Gasteiger partial charge is 0.464 e. The summed E-state index contributed by atoms with van der Waals surface area (Å²) in [5.74, 6) is 0.281. The SMILES string of the molecule is CCOC(=O)C1OC12CC(C)(C)CC2C. The average Bonchev–Trinajstić information content (AvgIpc) is 2.73. The molecule has 0 bridgehead atoms. The van der Waals surface area contributed by atoms with Gasteiger partial charge in [0, 0.05) is 0 Å². The Kier molecular flexibility index (Phi) is 2.34. The van der Waals surface area contributed by atoms with E-state index in [1.54, 1.807) is 0 Å². The number of esters is 1. The Morgan fingerprint density at radius 1 is 1.53 bits per heavy atom. The molecule has 2 aliphatic rings. The number of ether oxygens (including phenoxy) is 2. The van der Waals surface area contributed by atoms with Crippen molar-refractivity contribution in [2.45, 2.75) is 52.2 Å². The maximum atomic E-state index is 11.6. The van der Waals surface area contributed by atoms with Crippen molar-refractivity contribution in [3.63, 3.8) is 0 Å². The first-order valence-corrected chi connectivity index (χ1v) is 5.76. The summed E-state index contributed by atoms with van der Waals surface area (Å²) in [5, 5.41) is 0. The third-order valence-electron chi connectivity index (χ3n) is 3.67. The molecule has 0 radical (unpaired) electrons. The molecule has 15 heavy (non-hydrogen) atoms. The average molecular weight is 212 g/mol. The first-order valence-electron chi connectivity index (χ1n) is 5.76. The molecule has 3 nitrogen and oxygen atoms in total. The van der Waals surface area contributed by atoms with E-state index in [-0.39, 0.29) is 17.7 Å². The summed E-state index contributed by atoms with van der Waals surface area (Å²) < 4.78 is 10.7. The summed E-state index contributed by atoms with van der Waals surface area (Å²) in [5.41, 5.74) is 0.0937. The predicted molar refractivity (Wildman–Crippen MR) is 56.4 cm³/mol. The van der Waals surface area contributed by atoms with E-state index < -0.39 is 0 Å². The highest BCUT2D eigenvalue weighted by Crippen LogP contribution is 2.59. The van der Waals surface area contributed by atoms with Crippen molar-refractivity contribution in [1.82, 2.24) is 0 Å². The lowest BCUT2D eigenvalue weighted by atomic mass is 9.90. The monoisotopic (exact) mass is 212 g/mol. The van der Waals surface area contributed by atoms with Gasteiger partial charge in [0.25, 0.3) is 0 Å². The predicted octanol–water partition coefficient (Wildman–Crippen LogP) is 2.14.